The van der Waals surface area contributed by atoms with E-state index in [-0.39, 0.29) is 6.04 Å². The molecule has 0 saturated carbocycles. The van der Waals surface area contributed by atoms with Gasteiger partial charge in [-0.3, -0.25) is 9.67 Å². The average molecular weight is 382 g/mol. The van der Waals surface area contributed by atoms with E-state index in [4.69, 9.17) is 28.9 Å². The van der Waals surface area contributed by atoms with Crippen LogP contribution in [0.25, 0.3) is 0 Å². The Morgan fingerprint density at radius 2 is 2.08 bits per heavy atom. The third-order valence-corrected chi connectivity index (χ3v) is 4.88. The molecule has 136 valence electrons. The summed E-state index contributed by atoms with van der Waals surface area (Å²) in [6.07, 6.45) is 1.87. The number of hydrogen-bond acceptors (Lipinski definition) is 2. The van der Waals surface area contributed by atoms with Crippen LogP contribution in [-0.2, 0) is 13.5 Å². The monoisotopic (exact) mass is 381 g/mol. The van der Waals surface area contributed by atoms with Crippen LogP contribution >= 0.6 is 23.2 Å². The Hall–Kier alpha value is -1.72. The third kappa shape index (κ3) is 5.13. The molecule has 0 aliphatic carbocycles. The van der Waals surface area contributed by atoms with Gasteiger partial charge in [0.25, 0.3) is 0 Å². The van der Waals surface area contributed by atoms with Crippen molar-refractivity contribution in [2.45, 2.75) is 39.7 Å². The zero-order valence-electron chi connectivity index (χ0n) is 15.1. The van der Waals surface area contributed by atoms with Crippen molar-refractivity contribution in [2.75, 3.05) is 6.54 Å². The molecule has 5 nitrogen and oxygen atoms in total. The first kappa shape index (κ1) is 19.6. The second-order valence-electron chi connectivity index (χ2n) is 6.18. The average Bonchev–Trinajstić information content (AvgIpc) is 2.77. The number of aromatic nitrogens is 2. The SMILES string of the molecule is Cc1nn(C)c(C)c1CCCN=C(N)NC(C)c1ccc(Cl)cc1Cl. The minimum atomic E-state index is -0.0451. The summed E-state index contributed by atoms with van der Waals surface area (Å²) in [5, 5.41) is 8.83. The maximum absolute atomic E-state index is 6.22. The molecule has 1 atom stereocenters. The van der Waals surface area contributed by atoms with Crippen molar-refractivity contribution in [3.8, 4) is 0 Å². The lowest BCUT2D eigenvalue weighted by Crippen LogP contribution is -2.34. The highest BCUT2D eigenvalue weighted by Gasteiger charge is 2.11. The molecule has 7 heteroatoms. The number of nitrogens with zero attached hydrogens (tertiary/aromatic N) is 3. The van der Waals surface area contributed by atoms with Crippen molar-refractivity contribution in [3.63, 3.8) is 0 Å². The Balaban J connectivity index is 1.87. The third-order valence-electron chi connectivity index (χ3n) is 4.32. The number of guanidine groups is 1. The number of rotatable bonds is 6. The van der Waals surface area contributed by atoms with Crippen LogP contribution in [0.1, 0.15) is 41.9 Å². The van der Waals surface area contributed by atoms with Crippen LogP contribution < -0.4 is 11.1 Å². The van der Waals surface area contributed by atoms with Crippen molar-refractivity contribution in [1.29, 1.82) is 0 Å². The Bertz CT molecular complexity index is 767. The summed E-state index contributed by atoms with van der Waals surface area (Å²) in [5.41, 5.74) is 10.5. The number of halogens is 2. The van der Waals surface area contributed by atoms with Gasteiger partial charge >= 0.3 is 0 Å². The molecule has 0 fully saturated rings. The van der Waals surface area contributed by atoms with Crippen LogP contribution in [0.5, 0.6) is 0 Å². The minimum Gasteiger partial charge on any atom is -0.370 e. The quantitative estimate of drug-likeness (QED) is 0.452. The highest BCUT2D eigenvalue weighted by Crippen LogP contribution is 2.25. The molecule has 0 bridgehead atoms. The maximum Gasteiger partial charge on any atom is 0.189 e. The number of hydrogen-bond donors (Lipinski definition) is 2. The van der Waals surface area contributed by atoms with Gasteiger partial charge in [-0.2, -0.15) is 5.10 Å². The summed E-state index contributed by atoms with van der Waals surface area (Å²) >= 11 is 12.1. The van der Waals surface area contributed by atoms with Gasteiger partial charge in [0.1, 0.15) is 0 Å². The molecule has 0 aliphatic rings. The second kappa shape index (κ2) is 8.59. The normalized spacial score (nSPS) is 13.1. The first-order chi connectivity index (χ1) is 11.8. The van der Waals surface area contributed by atoms with Gasteiger partial charge in [-0.1, -0.05) is 29.3 Å². The summed E-state index contributed by atoms with van der Waals surface area (Å²) in [6, 6.07) is 5.38. The fourth-order valence-electron chi connectivity index (χ4n) is 2.83. The summed E-state index contributed by atoms with van der Waals surface area (Å²) in [5.74, 6) is 0.415. The first-order valence-electron chi connectivity index (χ1n) is 8.30. The van der Waals surface area contributed by atoms with Crippen molar-refractivity contribution >= 4 is 29.2 Å². The van der Waals surface area contributed by atoms with Gasteiger partial charge in [0.05, 0.1) is 11.7 Å². The lowest BCUT2D eigenvalue weighted by atomic mass is 10.1. The van der Waals surface area contributed by atoms with Gasteiger partial charge in [-0.05, 0) is 56.9 Å². The zero-order valence-corrected chi connectivity index (χ0v) is 16.6. The van der Waals surface area contributed by atoms with E-state index < -0.39 is 0 Å². The Morgan fingerprint density at radius 3 is 2.68 bits per heavy atom. The van der Waals surface area contributed by atoms with Crippen molar-refractivity contribution in [3.05, 3.63) is 50.8 Å². The molecular formula is C18H25Cl2N5. The Morgan fingerprint density at radius 1 is 1.36 bits per heavy atom. The van der Waals surface area contributed by atoms with E-state index in [1.807, 2.05) is 37.7 Å². The number of aryl methyl sites for hydroxylation is 2. The Kier molecular flexibility index (Phi) is 6.73. The smallest absolute Gasteiger partial charge is 0.189 e. The molecule has 1 unspecified atom stereocenters. The van der Waals surface area contributed by atoms with Crippen molar-refractivity contribution in [2.24, 2.45) is 17.8 Å². The summed E-state index contributed by atoms with van der Waals surface area (Å²) in [6.45, 7) is 6.78. The molecule has 1 aromatic heterocycles. The van der Waals surface area contributed by atoms with Gasteiger partial charge in [-0.15, -0.1) is 0 Å². The highest BCUT2D eigenvalue weighted by atomic mass is 35.5. The molecule has 3 N–H and O–H groups in total. The number of benzene rings is 1. The first-order valence-corrected chi connectivity index (χ1v) is 9.05. The van der Waals surface area contributed by atoms with E-state index in [1.54, 1.807) is 6.07 Å². The van der Waals surface area contributed by atoms with E-state index >= 15 is 0 Å². The van der Waals surface area contributed by atoms with Gasteiger partial charge in [0.15, 0.2) is 5.96 Å². The largest absolute Gasteiger partial charge is 0.370 e. The van der Waals surface area contributed by atoms with Crippen LogP contribution in [0.15, 0.2) is 23.2 Å². The van der Waals surface area contributed by atoms with Crippen molar-refractivity contribution in [1.82, 2.24) is 15.1 Å². The molecule has 1 aromatic carbocycles. The second-order valence-corrected chi connectivity index (χ2v) is 7.02. The maximum atomic E-state index is 6.22. The van der Waals surface area contributed by atoms with Gasteiger partial charge < -0.3 is 11.1 Å². The predicted molar refractivity (Wildman–Crippen MR) is 106 cm³/mol. The van der Waals surface area contributed by atoms with Crippen LogP contribution in [0.4, 0.5) is 0 Å². The fraction of sp³-hybridized carbons (Fsp3) is 0.444. The lowest BCUT2D eigenvalue weighted by Gasteiger charge is -2.16. The standard InChI is InChI=1S/C18H25Cl2N5/c1-11(16-8-7-14(19)10-17(16)20)23-18(21)22-9-5-6-15-12(2)24-25(4)13(15)3/h7-8,10-11H,5-6,9H2,1-4H3,(H3,21,22,23). The lowest BCUT2D eigenvalue weighted by molar-refractivity contribution is 0.704. The number of nitrogens with one attached hydrogen (secondary N) is 1. The van der Waals surface area contributed by atoms with Crippen LogP contribution in [0.3, 0.4) is 0 Å². The van der Waals surface area contributed by atoms with Gasteiger partial charge in [0.2, 0.25) is 0 Å². The van der Waals surface area contributed by atoms with Crippen molar-refractivity contribution < 1.29 is 0 Å². The van der Waals surface area contributed by atoms with Crippen LogP contribution in [-0.4, -0.2) is 22.3 Å². The molecule has 25 heavy (non-hydrogen) atoms. The summed E-state index contributed by atoms with van der Waals surface area (Å²) in [4.78, 5) is 4.41. The predicted octanol–water partition coefficient (Wildman–Crippen LogP) is 3.94. The highest BCUT2D eigenvalue weighted by molar-refractivity contribution is 6.35. The molecule has 0 aliphatic heterocycles. The molecule has 0 radical (unpaired) electrons. The molecule has 0 amide bonds. The molecular weight excluding hydrogens is 357 g/mol. The summed E-state index contributed by atoms with van der Waals surface area (Å²) in [7, 11) is 1.97. The van der Waals surface area contributed by atoms with Crippen LogP contribution in [0.2, 0.25) is 10.0 Å². The molecule has 2 aromatic rings. The molecule has 0 spiro atoms. The molecule has 2 rings (SSSR count). The Labute approximate surface area is 159 Å². The summed E-state index contributed by atoms with van der Waals surface area (Å²) < 4.78 is 1.92. The fourth-order valence-corrected chi connectivity index (χ4v) is 3.40. The number of aliphatic imine (C=N–C) groups is 1. The van der Waals surface area contributed by atoms with E-state index in [0.717, 1.165) is 24.1 Å². The number of nitrogens with two attached hydrogens (primary N) is 1. The minimum absolute atomic E-state index is 0.0451. The van der Waals surface area contributed by atoms with Crippen LogP contribution in [0, 0.1) is 13.8 Å². The van der Waals surface area contributed by atoms with E-state index in [1.165, 1.54) is 11.3 Å². The molecule has 1 heterocycles. The van der Waals surface area contributed by atoms with E-state index in [2.05, 4.69) is 22.3 Å². The van der Waals surface area contributed by atoms with Gasteiger partial charge in [-0.25, -0.2) is 0 Å². The van der Waals surface area contributed by atoms with E-state index in [0.29, 0.717) is 22.5 Å². The zero-order chi connectivity index (χ0) is 18.6. The molecule has 0 saturated heterocycles. The van der Waals surface area contributed by atoms with E-state index in [9.17, 15) is 0 Å². The van der Waals surface area contributed by atoms with Gasteiger partial charge in [0, 0.05) is 29.3 Å². The topological polar surface area (TPSA) is 68.2 Å².